The number of carbonyl (C=O) groups excluding carboxylic acids is 1. The second kappa shape index (κ2) is 3.23. The van der Waals surface area contributed by atoms with E-state index in [0.29, 0.717) is 0 Å². The van der Waals surface area contributed by atoms with Crippen molar-refractivity contribution in [2.75, 3.05) is 7.11 Å². The van der Waals surface area contributed by atoms with Gasteiger partial charge in [-0.2, -0.15) is 0 Å². The van der Waals surface area contributed by atoms with Gasteiger partial charge < -0.3 is 9.84 Å². The average Bonchev–Trinajstić information content (AvgIpc) is 2.50. The van der Waals surface area contributed by atoms with E-state index in [9.17, 15) is 9.90 Å². The summed E-state index contributed by atoms with van der Waals surface area (Å²) in [6, 6.07) is 0. The van der Waals surface area contributed by atoms with Crippen LogP contribution in [0.3, 0.4) is 0 Å². The fraction of sp³-hybridized carbons (Fsp3) is 0.909. The van der Waals surface area contributed by atoms with Gasteiger partial charge in [-0.1, -0.05) is 19.3 Å². The zero-order chi connectivity index (χ0) is 10.2. The third-order valence-corrected chi connectivity index (χ3v) is 4.10. The molecule has 3 heteroatoms. The van der Waals surface area contributed by atoms with Crippen molar-refractivity contribution in [3.8, 4) is 0 Å². The minimum atomic E-state index is -0.766. The van der Waals surface area contributed by atoms with E-state index in [1.165, 1.54) is 7.11 Å². The summed E-state index contributed by atoms with van der Waals surface area (Å²) in [5.74, 6) is -0.201. The summed E-state index contributed by atoms with van der Waals surface area (Å²) in [4.78, 5) is 11.7. The van der Waals surface area contributed by atoms with E-state index in [2.05, 4.69) is 0 Å². The van der Waals surface area contributed by atoms with E-state index in [-0.39, 0.29) is 5.97 Å². The Labute approximate surface area is 84.4 Å². The molecule has 14 heavy (non-hydrogen) atoms. The summed E-state index contributed by atoms with van der Waals surface area (Å²) >= 11 is 0. The third kappa shape index (κ3) is 1.11. The Morgan fingerprint density at radius 3 is 2.07 bits per heavy atom. The minimum Gasteiger partial charge on any atom is -0.469 e. The molecule has 0 spiro atoms. The summed E-state index contributed by atoms with van der Waals surface area (Å²) in [5.41, 5.74) is -1.32. The zero-order valence-electron chi connectivity index (χ0n) is 8.71. The first-order chi connectivity index (χ1) is 6.65. The molecule has 3 nitrogen and oxygen atoms in total. The van der Waals surface area contributed by atoms with Gasteiger partial charge in [-0.25, -0.2) is 0 Å². The van der Waals surface area contributed by atoms with Crippen molar-refractivity contribution in [2.45, 2.75) is 50.5 Å². The molecule has 2 saturated carbocycles. The van der Waals surface area contributed by atoms with E-state index in [1.54, 1.807) is 0 Å². The Morgan fingerprint density at radius 2 is 1.71 bits per heavy atom. The largest absolute Gasteiger partial charge is 0.469 e. The first-order valence-corrected chi connectivity index (χ1v) is 5.45. The second-order valence-corrected chi connectivity index (χ2v) is 4.67. The third-order valence-electron chi connectivity index (χ3n) is 4.10. The lowest BCUT2D eigenvalue weighted by Gasteiger charge is -2.49. The maximum Gasteiger partial charge on any atom is 0.314 e. The number of carbonyl (C=O) groups is 1. The van der Waals surface area contributed by atoms with Crippen molar-refractivity contribution >= 4 is 5.97 Å². The highest BCUT2D eigenvalue weighted by Crippen LogP contribution is 2.56. The van der Waals surface area contributed by atoms with Crippen LogP contribution in [0.5, 0.6) is 0 Å². The van der Waals surface area contributed by atoms with Gasteiger partial charge in [0.25, 0.3) is 0 Å². The molecule has 0 aliphatic heterocycles. The lowest BCUT2D eigenvalue weighted by molar-refractivity contribution is -0.186. The predicted molar refractivity (Wildman–Crippen MR) is 51.7 cm³/mol. The molecule has 2 aliphatic rings. The number of rotatable bonds is 2. The van der Waals surface area contributed by atoms with Gasteiger partial charge in [0.2, 0.25) is 0 Å². The molecule has 0 amide bonds. The Morgan fingerprint density at radius 1 is 1.14 bits per heavy atom. The number of aliphatic hydroxyl groups is 1. The molecule has 0 aromatic rings. The highest BCUT2D eigenvalue weighted by Gasteiger charge is 2.60. The molecule has 1 N–H and O–H groups in total. The molecule has 0 atom stereocenters. The minimum absolute atomic E-state index is 0.201. The van der Waals surface area contributed by atoms with Crippen LogP contribution in [0.25, 0.3) is 0 Å². The maximum absolute atomic E-state index is 11.7. The van der Waals surface area contributed by atoms with Gasteiger partial charge in [0, 0.05) is 0 Å². The Kier molecular flexibility index (Phi) is 2.30. The van der Waals surface area contributed by atoms with Crippen LogP contribution in [0.15, 0.2) is 0 Å². The van der Waals surface area contributed by atoms with Crippen LogP contribution in [0.2, 0.25) is 0 Å². The Balaban J connectivity index is 2.23. The number of methoxy groups -OCH3 is 1. The van der Waals surface area contributed by atoms with Gasteiger partial charge in [0.05, 0.1) is 18.1 Å². The molecule has 0 radical (unpaired) electrons. The number of hydrogen-bond donors (Lipinski definition) is 1. The van der Waals surface area contributed by atoms with Crippen LogP contribution < -0.4 is 0 Å². The molecule has 0 unspecified atom stereocenters. The van der Waals surface area contributed by atoms with Crippen molar-refractivity contribution in [1.82, 2.24) is 0 Å². The normalized spacial score (nSPS) is 28.1. The molecule has 0 aromatic heterocycles. The monoisotopic (exact) mass is 198 g/mol. The standard InChI is InChI=1S/C11H18O3/c1-14-9(12)10(5-4-6-10)11(13)7-2-3-8-11/h13H,2-8H2,1H3. The van der Waals surface area contributed by atoms with Crippen LogP contribution in [0.4, 0.5) is 0 Å². The van der Waals surface area contributed by atoms with Crippen molar-refractivity contribution in [3.63, 3.8) is 0 Å². The van der Waals surface area contributed by atoms with Crippen LogP contribution in [0.1, 0.15) is 44.9 Å². The first-order valence-electron chi connectivity index (χ1n) is 5.45. The van der Waals surface area contributed by atoms with Gasteiger partial charge >= 0.3 is 5.97 Å². The van der Waals surface area contributed by atoms with E-state index < -0.39 is 11.0 Å². The van der Waals surface area contributed by atoms with Gasteiger partial charge in [-0.05, 0) is 25.7 Å². The molecule has 2 rings (SSSR count). The van der Waals surface area contributed by atoms with E-state index in [0.717, 1.165) is 44.9 Å². The smallest absolute Gasteiger partial charge is 0.314 e. The summed E-state index contributed by atoms with van der Waals surface area (Å²) in [6.45, 7) is 0. The number of esters is 1. The van der Waals surface area contributed by atoms with Crippen molar-refractivity contribution in [3.05, 3.63) is 0 Å². The topological polar surface area (TPSA) is 46.5 Å². The van der Waals surface area contributed by atoms with Gasteiger partial charge in [-0.3, -0.25) is 4.79 Å². The SMILES string of the molecule is COC(=O)C1(C2(O)CCCC2)CCC1. The van der Waals surface area contributed by atoms with Crippen LogP contribution in [0, 0.1) is 5.41 Å². The maximum atomic E-state index is 11.7. The zero-order valence-corrected chi connectivity index (χ0v) is 8.71. The Hall–Kier alpha value is -0.570. The van der Waals surface area contributed by atoms with Crippen molar-refractivity contribution in [2.24, 2.45) is 5.41 Å². The van der Waals surface area contributed by atoms with Gasteiger partial charge in [-0.15, -0.1) is 0 Å². The Bertz CT molecular complexity index is 237. The fourth-order valence-corrected chi connectivity index (χ4v) is 3.02. The molecular formula is C11H18O3. The lowest BCUT2D eigenvalue weighted by atomic mass is 9.58. The summed E-state index contributed by atoms with van der Waals surface area (Å²) in [6.07, 6.45) is 6.25. The summed E-state index contributed by atoms with van der Waals surface area (Å²) < 4.78 is 4.84. The summed E-state index contributed by atoms with van der Waals surface area (Å²) in [5, 5.41) is 10.5. The van der Waals surface area contributed by atoms with Crippen LogP contribution in [-0.4, -0.2) is 23.8 Å². The molecular weight excluding hydrogens is 180 g/mol. The van der Waals surface area contributed by atoms with Crippen LogP contribution >= 0.6 is 0 Å². The lowest BCUT2D eigenvalue weighted by Crippen LogP contribution is -2.56. The molecule has 2 fully saturated rings. The fourth-order valence-electron chi connectivity index (χ4n) is 3.02. The second-order valence-electron chi connectivity index (χ2n) is 4.67. The molecule has 0 saturated heterocycles. The van der Waals surface area contributed by atoms with E-state index in [1.807, 2.05) is 0 Å². The van der Waals surface area contributed by atoms with Crippen molar-refractivity contribution in [1.29, 1.82) is 0 Å². The summed E-state index contributed by atoms with van der Waals surface area (Å²) in [7, 11) is 1.42. The molecule has 0 aromatic carbocycles. The predicted octanol–water partition coefficient (Wildman–Crippen LogP) is 1.63. The van der Waals surface area contributed by atoms with E-state index in [4.69, 9.17) is 4.74 Å². The van der Waals surface area contributed by atoms with Gasteiger partial charge in [0.15, 0.2) is 0 Å². The highest BCUT2D eigenvalue weighted by atomic mass is 16.5. The number of hydrogen-bond acceptors (Lipinski definition) is 3. The highest BCUT2D eigenvalue weighted by molar-refractivity contribution is 5.79. The quantitative estimate of drug-likeness (QED) is 0.686. The number of ether oxygens (including phenoxy) is 1. The average molecular weight is 198 g/mol. The molecule has 0 bridgehead atoms. The van der Waals surface area contributed by atoms with E-state index >= 15 is 0 Å². The molecule has 0 heterocycles. The molecule has 2 aliphatic carbocycles. The van der Waals surface area contributed by atoms with Crippen LogP contribution in [-0.2, 0) is 9.53 Å². The van der Waals surface area contributed by atoms with Crippen molar-refractivity contribution < 1.29 is 14.6 Å². The first kappa shape index (κ1) is 9.97. The molecule has 80 valence electrons. The van der Waals surface area contributed by atoms with Gasteiger partial charge in [0.1, 0.15) is 0 Å².